The van der Waals surface area contributed by atoms with Crippen LogP contribution in [0.25, 0.3) is 0 Å². The first-order valence-electron chi connectivity index (χ1n) is 8.42. The number of nitrogens with zero attached hydrogens (tertiary/aromatic N) is 2. The van der Waals surface area contributed by atoms with Crippen LogP contribution in [0.15, 0.2) is 30.3 Å². The molecule has 1 amide bonds. The van der Waals surface area contributed by atoms with Crippen LogP contribution in [0.5, 0.6) is 0 Å². The Balaban J connectivity index is 1.54. The average Bonchev–Trinajstić information content (AvgIpc) is 2.46. The monoisotopic (exact) mass is 301 g/mol. The third-order valence-electron chi connectivity index (χ3n) is 5.15. The summed E-state index contributed by atoms with van der Waals surface area (Å²) >= 11 is 0. The Labute approximate surface area is 133 Å². The highest BCUT2D eigenvalue weighted by atomic mass is 16.2. The molecule has 1 N–H and O–H groups in total. The van der Waals surface area contributed by atoms with Crippen LogP contribution in [0.2, 0.25) is 0 Å². The Kier molecular flexibility index (Phi) is 4.79. The van der Waals surface area contributed by atoms with Crippen LogP contribution in [0.3, 0.4) is 0 Å². The maximum Gasteiger partial charge on any atom is 0.226 e. The van der Waals surface area contributed by atoms with Crippen molar-refractivity contribution in [1.29, 1.82) is 0 Å². The summed E-state index contributed by atoms with van der Waals surface area (Å²) in [4.78, 5) is 17.2. The first-order chi connectivity index (χ1) is 10.6. The lowest BCUT2D eigenvalue weighted by Gasteiger charge is -2.43. The fourth-order valence-corrected chi connectivity index (χ4v) is 3.47. The van der Waals surface area contributed by atoms with E-state index < -0.39 is 0 Å². The van der Waals surface area contributed by atoms with E-state index in [0.29, 0.717) is 17.9 Å². The van der Waals surface area contributed by atoms with Crippen LogP contribution in [0, 0.1) is 11.8 Å². The zero-order valence-corrected chi connectivity index (χ0v) is 13.7. The molecule has 1 aromatic rings. The van der Waals surface area contributed by atoms with Gasteiger partial charge in [-0.3, -0.25) is 9.69 Å². The molecule has 0 bridgehead atoms. The molecule has 1 aromatic carbocycles. The minimum Gasteiger partial charge on any atom is -0.337 e. The molecule has 3 rings (SSSR count). The molecule has 2 aliphatic heterocycles. The van der Waals surface area contributed by atoms with Crippen molar-refractivity contribution in [2.45, 2.75) is 26.4 Å². The Morgan fingerprint density at radius 1 is 1.27 bits per heavy atom. The lowest BCUT2D eigenvalue weighted by Crippen LogP contribution is -2.57. The van der Waals surface area contributed by atoms with Gasteiger partial charge in [0.05, 0.1) is 0 Å². The van der Waals surface area contributed by atoms with Crippen molar-refractivity contribution in [2.75, 3.05) is 32.7 Å². The number of hydrogen-bond acceptors (Lipinski definition) is 3. The van der Waals surface area contributed by atoms with Gasteiger partial charge >= 0.3 is 0 Å². The molecule has 2 unspecified atom stereocenters. The molecule has 0 spiro atoms. The largest absolute Gasteiger partial charge is 0.337 e. The van der Waals surface area contributed by atoms with Crippen molar-refractivity contribution in [3.05, 3.63) is 35.9 Å². The molecule has 2 saturated heterocycles. The summed E-state index contributed by atoms with van der Waals surface area (Å²) < 4.78 is 0. The number of nitrogens with one attached hydrogen (secondary N) is 1. The Bertz CT molecular complexity index is 500. The van der Waals surface area contributed by atoms with Crippen LogP contribution in [-0.2, 0) is 11.3 Å². The smallest absolute Gasteiger partial charge is 0.226 e. The van der Waals surface area contributed by atoms with Crippen LogP contribution >= 0.6 is 0 Å². The summed E-state index contributed by atoms with van der Waals surface area (Å²) in [7, 11) is 0. The predicted octanol–water partition coefficient (Wildman–Crippen LogP) is 1.57. The lowest BCUT2D eigenvalue weighted by molar-refractivity contribution is -0.142. The number of rotatable bonds is 4. The number of amides is 1. The van der Waals surface area contributed by atoms with Gasteiger partial charge in [-0.05, 0) is 31.5 Å². The van der Waals surface area contributed by atoms with Crippen LogP contribution in [-0.4, -0.2) is 54.5 Å². The van der Waals surface area contributed by atoms with Gasteiger partial charge < -0.3 is 10.2 Å². The van der Waals surface area contributed by atoms with E-state index in [2.05, 4.69) is 59.3 Å². The Hall–Kier alpha value is -1.39. The molecule has 120 valence electrons. The molecule has 4 nitrogen and oxygen atoms in total. The SMILES string of the molecule is CC(C(=O)N1CCN(Cc2ccccc2)CC1C)C1CNC1. The van der Waals surface area contributed by atoms with Crippen molar-refractivity contribution in [3.63, 3.8) is 0 Å². The highest BCUT2D eigenvalue weighted by Gasteiger charge is 2.35. The summed E-state index contributed by atoms with van der Waals surface area (Å²) in [6.07, 6.45) is 0. The van der Waals surface area contributed by atoms with Crippen LogP contribution < -0.4 is 5.32 Å². The minimum atomic E-state index is 0.157. The van der Waals surface area contributed by atoms with Gasteiger partial charge in [-0.2, -0.15) is 0 Å². The van der Waals surface area contributed by atoms with Crippen molar-refractivity contribution >= 4 is 5.91 Å². The maximum atomic E-state index is 12.7. The standard InChI is InChI=1S/C18H27N3O/c1-14-12-20(13-16-6-4-3-5-7-16)8-9-21(14)18(22)15(2)17-10-19-11-17/h3-7,14-15,17,19H,8-13H2,1-2H3. The van der Waals surface area contributed by atoms with Gasteiger partial charge in [0.15, 0.2) is 0 Å². The van der Waals surface area contributed by atoms with E-state index in [-0.39, 0.29) is 5.92 Å². The molecule has 4 heteroatoms. The topological polar surface area (TPSA) is 35.6 Å². The van der Waals surface area contributed by atoms with E-state index in [1.807, 2.05) is 0 Å². The molecular formula is C18H27N3O. The molecule has 0 saturated carbocycles. The number of piperazine rings is 1. The summed E-state index contributed by atoms with van der Waals surface area (Å²) in [5, 5.41) is 3.27. The van der Waals surface area contributed by atoms with E-state index in [9.17, 15) is 4.79 Å². The summed E-state index contributed by atoms with van der Waals surface area (Å²) in [6.45, 7) is 10.0. The molecule has 0 aliphatic carbocycles. The van der Waals surface area contributed by atoms with Crippen molar-refractivity contribution < 1.29 is 4.79 Å². The highest BCUT2D eigenvalue weighted by Crippen LogP contribution is 2.22. The zero-order valence-electron chi connectivity index (χ0n) is 13.7. The van der Waals surface area contributed by atoms with Crippen LogP contribution in [0.1, 0.15) is 19.4 Å². The molecule has 2 heterocycles. The molecule has 0 radical (unpaired) electrons. The van der Waals surface area contributed by atoms with E-state index in [0.717, 1.165) is 39.3 Å². The van der Waals surface area contributed by atoms with Gasteiger partial charge in [0.1, 0.15) is 0 Å². The molecule has 2 fully saturated rings. The van der Waals surface area contributed by atoms with E-state index >= 15 is 0 Å². The molecular weight excluding hydrogens is 274 g/mol. The second-order valence-corrected chi connectivity index (χ2v) is 6.81. The van der Waals surface area contributed by atoms with E-state index in [1.165, 1.54) is 5.56 Å². The summed E-state index contributed by atoms with van der Waals surface area (Å²) in [6, 6.07) is 10.9. The molecule has 22 heavy (non-hydrogen) atoms. The van der Waals surface area contributed by atoms with Gasteiger partial charge in [-0.15, -0.1) is 0 Å². The number of carbonyl (C=O) groups excluding carboxylic acids is 1. The van der Waals surface area contributed by atoms with Crippen molar-refractivity contribution in [1.82, 2.24) is 15.1 Å². The second-order valence-electron chi connectivity index (χ2n) is 6.81. The fraction of sp³-hybridized carbons (Fsp3) is 0.611. The van der Waals surface area contributed by atoms with Crippen molar-refractivity contribution in [2.24, 2.45) is 11.8 Å². The third kappa shape index (κ3) is 3.33. The summed E-state index contributed by atoms with van der Waals surface area (Å²) in [5.41, 5.74) is 1.35. The quantitative estimate of drug-likeness (QED) is 0.917. The maximum absolute atomic E-state index is 12.7. The number of carbonyl (C=O) groups is 1. The van der Waals surface area contributed by atoms with Crippen molar-refractivity contribution in [3.8, 4) is 0 Å². The molecule has 2 aliphatic rings. The normalized spacial score (nSPS) is 24.8. The third-order valence-corrected chi connectivity index (χ3v) is 5.15. The first-order valence-corrected chi connectivity index (χ1v) is 8.42. The van der Waals surface area contributed by atoms with Gasteiger partial charge in [-0.1, -0.05) is 37.3 Å². The lowest BCUT2D eigenvalue weighted by atomic mass is 9.87. The fourth-order valence-electron chi connectivity index (χ4n) is 3.47. The Morgan fingerprint density at radius 2 is 2.00 bits per heavy atom. The molecule has 0 aromatic heterocycles. The number of hydrogen-bond donors (Lipinski definition) is 1. The second kappa shape index (κ2) is 6.80. The van der Waals surface area contributed by atoms with Crippen LogP contribution in [0.4, 0.5) is 0 Å². The number of benzene rings is 1. The van der Waals surface area contributed by atoms with Gasteiger partial charge in [-0.25, -0.2) is 0 Å². The highest BCUT2D eigenvalue weighted by molar-refractivity contribution is 5.79. The van der Waals surface area contributed by atoms with Gasteiger partial charge in [0.2, 0.25) is 5.91 Å². The first kappa shape index (κ1) is 15.5. The average molecular weight is 301 g/mol. The van der Waals surface area contributed by atoms with E-state index in [1.54, 1.807) is 0 Å². The van der Waals surface area contributed by atoms with E-state index in [4.69, 9.17) is 0 Å². The Morgan fingerprint density at radius 3 is 2.59 bits per heavy atom. The minimum absolute atomic E-state index is 0.157. The van der Waals surface area contributed by atoms with Gasteiger partial charge in [0, 0.05) is 38.1 Å². The summed E-state index contributed by atoms with van der Waals surface area (Å²) in [5.74, 6) is 1.03. The predicted molar refractivity (Wildman–Crippen MR) is 88.4 cm³/mol. The molecule has 2 atom stereocenters. The van der Waals surface area contributed by atoms with Gasteiger partial charge in [0.25, 0.3) is 0 Å². The zero-order chi connectivity index (χ0) is 15.5.